The predicted octanol–water partition coefficient (Wildman–Crippen LogP) is 5.27. The van der Waals surface area contributed by atoms with E-state index in [0.29, 0.717) is 13.0 Å². The van der Waals surface area contributed by atoms with E-state index >= 15 is 0 Å². The number of hydrogen-bond donors (Lipinski definition) is 0. The lowest BCUT2D eigenvalue weighted by Crippen LogP contribution is -2.29. The molecule has 1 fully saturated rings. The first kappa shape index (κ1) is 14.8. The maximum atomic E-state index is 13.3. The fraction of sp³-hybridized carbons (Fsp3) is 0.600. The molecule has 1 atom stereocenters. The fourth-order valence-electron chi connectivity index (χ4n) is 2.62. The van der Waals surface area contributed by atoms with E-state index in [0.717, 1.165) is 27.8 Å². The lowest BCUT2D eigenvalue weighted by molar-refractivity contribution is -0.0585. The third kappa shape index (κ3) is 3.91. The van der Waals surface area contributed by atoms with E-state index in [4.69, 9.17) is 4.74 Å². The Morgan fingerprint density at radius 1 is 1.32 bits per heavy atom. The first-order chi connectivity index (χ1) is 8.87. The van der Waals surface area contributed by atoms with Crippen LogP contribution in [0.2, 0.25) is 0 Å². The highest BCUT2D eigenvalue weighted by Gasteiger charge is 2.36. The monoisotopic (exact) mass is 332 g/mol. The molecule has 1 aliphatic rings. The zero-order valence-corrected chi connectivity index (χ0v) is 12.9. The van der Waals surface area contributed by atoms with Crippen LogP contribution in [-0.2, 0) is 0 Å². The molecule has 0 heterocycles. The first-order valence-electron chi connectivity index (χ1n) is 6.65. The van der Waals surface area contributed by atoms with Gasteiger partial charge in [-0.15, -0.1) is 0 Å². The van der Waals surface area contributed by atoms with Gasteiger partial charge < -0.3 is 4.74 Å². The van der Waals surface area contributed by atoms with E-state index < -0.39 is 5.92 Å². The van der Waals surface area contributed by atoms with Crippen LogP contribution in [0.15, 0.2) is 16.6 Å². The van der Waals surface area contributed by atoms with E-state index in [-0.39, 0.29) is 18.8 Å². The van der Waals surface area contributed by atoms with Crippen molar-refractivity contribution in [3.8, 4) is 5.75 Å². The zero-order chi connectivity index (χ0) is 14.0. The van der Waals surface area contributed by atoms with Crippen molar-refractivity contribution in [2.24, 2.45) is 5.92 Å². The molecule has 0 N–H and O–H groups in total. The van der Waals surface area contributed by atoms with Crippen molar-refractivity contribution in [3.63, 3.8) is 0 Å². The lowest BCUT2D eigenvalue weighted by Gasteiger charge is -2.28. The van der Waals surface area contributed by atoms with Gasteiger partial charge in [-0.05, 0) is 55.9 Å². The van der Waals surface area contributed by atoms with E-state index in [1.54, 1.807) is 0 Å². The summed E-state index contributed by atoms with van der Waals surface area (Å²) in [5.74, 6) is -1.77. The summed E-state index contributed by atoms with van der Waals surface area (Å²) in [7, 11) is 0. The third-order valence-electron chi connectivity index (χ3n) is 3.64. The van der Waals surface area contributed by atoms with Crippen LogP contribution in [0.5, 0.6) is 5.75 Å². The molecular weight excluding hydrogens is 314 g/mol. The smallest absolute Gasteiger partial charge is 0.248 e. The summed E-state index contributed by atoms with van der Waals surface area (Å²) >= 11 is 3.50. The number of rotatable bonds is 3. The Morgan fingerprint density at radius 3 is 2.53 bits per heavy atom. The largest absolute Gasteiger partial charge is 0.493 e. The molecule has 4 heteroatoms. The van der Waals surface area contributed by atoms with Crippen molar-refractivity contribution in [2.75, 3.05) is 6.61 Å². The molecule has 0 saturated heterocycles. The number of ether oxygens (including phenoxy) is 1. The summed E-state index contributed by atoms with van der Waals surface area (Å²) < 4.78 is 33.4. The molecular formula is C15H19BrF2O. The second-order valence-corrected chi connectivity index (χ2v) is 6.29. The third-order valence-corrected chi connectivity index (χ3v) is 4.89. The number of halogens is 3. The van der Waals surface area contributed by atoms with Crippen molar-refractivity contribution in [3.05, 3.63) is 27.7 Å². The van der Waals surface area contributed by atoms with Gasteiger partial charge in [0.25, 0.3) is 0 Å². The van der Waals surface area contributed by atoms with Crippen LogP contribution in [0.25, 0.3) is 0 Å². The average Bonchev–Trinajstić information content (AvgIpc) is 2.32. The molecule has 0 radical (unpaired) electrons. The van der Waals surface area contributed by atoms with Crippen LogP contribution >= 0.6 is 15.9 Å². The van der Waals surface area contributed by atoms with Crippen molar-refractivity contribution in [1.29, 1.82) is 0 Å². The minimum atomic E-state index is -2.50. The van der Waals surface area contributed by atoms with Gasteiger partial charge in [-0.2, -0.15) is 0 Å². The van der Waals surface area contributed by atoms with Gasteiger partial charge in [0.15, 0.2) is 0 Å². The lowest BCUT2D eigenvalue weighted by atomic mass is 9.87. The van der Waals surface area contributed by atoms with Crippen LogP contribution < -0.4 is 4.74 Å². The molecule has 0 spiro atoms. The number of aryl methyl sites for hydroxylation is 2. The highest BCUT2D eigenvalue weighted by molar-refractivity contribution is 9.10. The molecule has 1 nitrogen and oxygen atoms in total. The van der Waals surface area contributed by atoms with Crippen molar-refractivity contribution in [1.82, 2.24) is 0 Å². The SMILES string of the molecule is Cc1cc(OCC2CCCC(F)(F)C2)cc(C)c1Br. The molecule has 1 aliphatic carbocycles. The maximum absolute atomic E-state index is 13.3. The van der Waals surface area contributed by atoms with Crippen molar-refractivity contribution in [2.45, 2.75) is 45.5 Å². The van der Waals surface area contributed by atoms with Crippen LogP contribution in [-0.4, -0.2) is 12.5 Å². The fourth-order valence-corrected chi connectivity index (χ4v) is 2.85. The zero-order valence-electron chi connectivity index (χ0n) is 11.3. The molecule has 0 aliphatic heterocycles. The van der Waals surface area contributed by atoms with Crippen molar-refractivity contribution >= 4 is 15.9 Å². The average molecular weight is 333 g/mol. The minimum Gasteiger partial charge on any atom is -0.493 e. The quantitative estimate of drug-likeness (QED) is 0.732. The Kier molecular flexibility index (Phi) is 4.49. The summed E-state index contributed by atoms with van der Waals surface area (Å²) in [5.41, 5.74) is 2.20. The van der Waals surface area contributed by atoms with E-state index in [9.17, 15) is 8.78 Å². The van der Waals surface area contributed by atoms with Gasteiger partial charge >= 0.3 is 0 Å². The number of hydrogen-bond acceptors (Lipinski definition) is 1. The summed E-state index contributed by atoms with van der Waals surface area (Å²) in [6.07, 6.45) is 1.42. The highest BCUT2D eigenvalue weighted by atomic mass is 79.9. The Labute approximate surface area is 121 Å². The minimum absolute atomic E-state index is 0.0278. The van der Waals surface area contributed by atoms with Crippen LogP contribution in [0.3, 0.4) is 0 Å². The standard InChI is InChI=1S/C15H19BrF2O/c1-10-6-13(7-11(2)14(10)16)19-9-12-4-3-5-15(17,18)8-12/h6-7,12H,3-5,8-9H2,1-2H3. The Bertz CT molecular complexity index is 436. The maximum Gasteiger partial charge on any atom is 0.248 e. The molecule has 0 amide bonds. The molecule has 1 aromatic carbocycles. The van der Waals surface area contributed by atoms with E-state index in [1.807, 2.05) is 26.0 Å². The highest BCUT2D eigenvalue weighted by Crippen LogP contribution is 2.37. The van der Waals surface area contributed by atoms with Crippen LogP contribution in [0.1, 0.15) is 36.8 Å². The molecule has 106 valence electrons. The van der Waals surface area contributed by atoms with Crippen LogP contribution in [0.4, 0.5) is 8.78 Å². The van der Waals surface area contributed by atoms with Gasteiger partial charge in [-0.25, -0.2) is 8.78 Å². The Hall–Kier alpha value is -0.640. The van der Waals surface area contributed by atoms with Gasteiger partial charge in [0, 0.05) is 17.3 Å². The second-order valence-electron chi connectivity index (χ2n) is 5.50. The topological polar surface area (TPSA) is 9.23 Å². The molecule has 1 saturated carbocycles. The van der Waals surface area contributed by atoms with Gasteiger partial charge in [0.1, 0.15) is 5.75 Å². The van der Waals surface area contributed by atoms with E-state index in [2.05, 4.69) is 15.9 Å². The van der Waals surface area contributed by atoms with Gasteiger partial charge in [-0.3, -0.25) is 0 Å². The van der Waals surface area contributed by atoms with Crippen molar-refractivity contribution < 1.29 is 13.5 Å². The normalized spacial score (nSPS) is 22.3. The first-order valence-corrected chi connectivity index (χ1v) is 7.44. The number of benzene rings is 1. The van der Waals surface area contributed by atoms with Gasteiger partial charge in [0.2, 0.25) is 5.92 Å². The molecule has 0 bridgehead atoms. The Balaban J connectivity index is 1.95. The summed E-state index contributed by atoms with van der Waals surface area (Å²) in [6.45, 7) is 4.38. The van der Waals surface area contributed by atoms with Gasteiger partial charge in [-0.1, -0.05) is 15.9 Å². The molecule has 19 heavy (non-hydrogen) atoms. The molecule has 0 aromatic heterocycles. The number of alkyl halides is 2. The Morgan fingerprint density at radius 2 is 1.95 bits per heavy atom. The summed E-state index contributed by atoms with van der Waals surface area (Å²) in [4.78, 5) is 0. The predicted molar refractivity (Wildman–Crippen MR) is 76.0 cm³/mol. The molecule has 1 unspecified atom stereocenters. The molecule has 1 aromatic rings. The second kappa shape index (κ2) is 5.78. The summed E-state index contributed by atoms with van der Waals surface area (Å²) in [6, 6.07) is 3.89. The van der Waals surface area contributed by atoms with Gasteiger partial charge in [0.05, 0.1) is 6.61 Å². The summed E-state index contributed by atoms with van der Waals surface area (Å²) in [5, 5.41) is 0. The van der Waals surface area contributed by atoms with E-state index in [1.165, 1.54) is 0 Å². The molecule has 2 rings (SSSR count). The van der Waals surface area contributed by atoms with Crippen LogP contribution in [0, 0.1) is 19.8 Å².